The lowest BCUT2D eigenvalue weighted by Crippen LogP contribution is -2.49. The first-order chi connectivity index (χ1) is 17.7. The maximum atomic E-state index is 12.9. The summed E-state index contributed by atoms with van der Waals surface area (Å²) in [5, 5.41) is 0. The summed E-state index contributed by atoms with van der Waals surface area (Å²) < 4.78 is 0. The van der Waals surface area contributed by atoms with E-state index in [1.807, 2.05) is 12.3 Å². The van der Waals surface area contributed by atoms with E-state index in [2.05, 4.69) is 57.3 Å². The highest BCUT2D eigenvalue weighted by atomic mass is 16.1. The molecule has 6 nitrogen and oxygen atoms in total. The van der Waals surface area contributed by atoms with Gasteiger partial charge in [0.05, 0.1) is 23.3 Å². The Balaban J connectivity index is 1.00. The number of hydrogen-bond acceptors (Lipinski definition) is 5. The first-order valence-corrected chi connectivity index (χ1v) is 13.5. The number of hydrogen-bond donors (Lipinski definition) is 1. The highest BCUT2D eigenvalue weighted by Crippen LogP contribution is 2.53. The number of nitrogens with one attached hydrogen (secondary N) is 1. The van der Waals surface area contributed by atoms with Crippen LogP contribution in [-0.2, 0) is 12.8 Å². The molecule has 1 atom stereocenters. The van der Waals surface area contributed by atoms with Gasteiger partial charge in [-0.15, -0.1) is 0 Å². The Morgan fingerprint density at radius 1 is 0.944 bits per heavy atom. The molecule has 36 heavy (non-hydrogen) atoms. The van der Waals surface area contributed by atoms with Gasteiger partial charge in [0, 0.05) is 43.3 Å². The van der Waals surface area contributed by atoms with Crippen molar-refractivity contribution in [3.05, 3.63) is 82.2 Å². The van der Waals surface area contributed by atoms with Crippen molar-refractivity contribution in [3.8, 4) is 11.3 Å². The Labute approximate surface area is 212 Å². The number of allylic oxidation sites excluding steroid dienone is 1. The maximum Gasteiger partial charge on any atom is 0.254 e. The Hall–Kier alpha value is -3.25. The molecule has 1 aromatic carbocycles. The molecule has 1 spiro atoms. The summed E-state index contributed by atoms with van der Waals surface area (Å²) in [6.07, 6.45) is 12.1. The Morgan fingerprint density at radius 2 is 1.78 bits per heavy atom. The Kier molecular flexibility index (Phi) is 5.31. The number of fused-ring (bicyclic) bond motifs is 1. The second-order valence-electron chi connectivity index (χ2n) is 11.1. The van der Waals surface area contributed by atoms with Crippen LogP contribution >= 0.6 is 0 Å². The number of rotatable bonds is 4. The van der Waals surface area contributed by atoms with E-state index >= 15 is 0 Å². The molecular weight excluding hydrogens is 446 g/mol. The molecule has 2 aromatic heterocycles. The Bertz CT molecular complexity index is 1350. The standard InChI is InChI=1S/C30H33N5O/c36-29-25-19-30(12-13-30)11-10-27(25)32-28(33-29)22-6-7-23(18-22)34-14-16-35(17-15-34)24-8-9-26(31-20-24)21-4-2-1-3-5-21/h1-5,8-9,18,20,23H,6-7,10-17,19H2,(H,32,33,36)/t23-/m1/s1. The van der Waals surface area contributed by atoms with Crippen LogP contribution in [0.15, 0.2) is 59.5 Å². The zero-order chi connectivity index (χ0) is 24.1. The summed E-state index contributed by atoms with van der Waals surface area (Å²) in [6.45, 7) is 4.07. The molecule has 0 amide bonds. The van der Waals surface area contributed by atoms with Crippen LogP contribution in [0.25, 0.3) is 16.8 Å². The zero-order valence-corrected chi connectivity index (χ0v) is 20.7. The van der Waals surface area contributed by atoms with Crippen molar-refractivity contribution >= 4 is 11.3 Å². The minimum Gasteiger partial charge on any atom is -0.368 e. The number of aromatic amines is 1. The van der Waals surface area contributed by atoms with Gasteiger partial charge >= 0.3 is 0 Å². The fraction of sp³-hybridized carbons (Fsp3) is 0.433. The van der Waals surface area contributed by atoms with Gasteiger partial charge in [-0.05, 0) is 68.1 Å². The summed E-state index contributed by atoms with van der Waals surface area (Å²) in [5.74, 6) is 0.816. The van der Waals surface area contributed by atoms with Crippen LogP contribution < -0.4 is 10.5 Å². The molecule has 1 saturated carbocycles. The molecule has 1 saturated heterocycles. The maximum absolute atomic E-state index is 12.9. The highest BCUT2D eigenvalue weighted by Gasteiger charge is 2.45. The molecule has 2 fully saturated rings. The topological polar surface area (TPSA) is 65.1 Å². The molecule has 1 aliphatic heterocycles. The van der Waals surface area contributed by atoms with Crippen LogP contribution in [0.4, 0.5) is 5.69 Å². The fourth-order valence-electron chi connectivity index (χ4n) is 6.39. The summed E-state index contributed by atoms with van der Waals surface area (Å²) in [5.41, 5.74) is 7.13. The number of H-pyrrole nitrogens is 1. The largest absolute Gasteiger partial charge is 0.368 e. The molecule has 0 unspecified atom stereocenters. The van der Waals surface area contributed by atoms with Gasteiger partial charge in [-0.2, -0.15) is 0 Å². The molecule has 7 rings (SSSR count). The highest BCUT2D eigenvalue weighted by molar-refractivity contribution is 5.63. The van der Waals surface area contributed by atoms with Gasteiger partial charge < -0.3 is 9.88 Å². The molecule has 1 N–H and O–H groups in total. The van der Waals surface area contributed by atoms with Gasteiger partial charge in [-0.1, -0.05) is 36.4 Å². The number of anilines is 1. The molecule has 184 valence electrons. The van der Waals surface area contributed by atoms with Gasteiger partial charge in [0.2, 0.25) is 0 Å². The molecule has 0 radical (unpaired) electrons. The summed E-state index contributed by atoms with van der Waals surface area (Å²) >= 11 is 0. The predicted octanol–water partition coefficient (Wildman–Crippen LogP) is 4.47. The van der Waals surface area contributed by atoms with E-state index in [4.69, 9.17) is 9.97 Å². The number of nitrogens with zero attached hydrogens (tertiary/aromatic N) is 4. The number of piperazine rings is 1. The second-order valence-corrected chi connectivity index (χ2v) is 11.1. The molecule has 0 bridgehead atoms. The van der Waals surface area contributed by atoms with Crippen LogP contribution in [0.1, 0.15) is 49.2 Å². The van der Waals surface area contributed by atoms with E-state index in [-0.39, 0.29) is 5.56 Å². The third-order valence-corrected chi connectivity index (χ3v) is 8.88. The normalized spacial score (nSPS) is 22.9. The quantitative estimate of drug-likeness (QED) is 0.598. The fourth-order valence-corrected chi connectivity index (χ4v) is 6.39. The van der Waals surface area contributed by atoms with Crippen LogP contribution in [0.5, 0.6) is 0 Å². The molecule has 6 heteroatoms. The van der Waals surface area contributed by atoms with Gasteiger partial charge in [-0.3, -0.25) is 14.7 Å². The molecule has 3 aromatic rings. The minimum atomic E-state index is 0.103. The SMILES string of the molecule is O=c1[nH]c(C2=C[C@H](N3CCN(c4ccc(-c5ccccc5)nc4)CC3)CC2)nc2c1CC1(CC2)CC1. The third kappa shape index (κ3) is 4.07. The lowest BCUT2D eigenvalue weighted by molar-refractivity contribution is 0.214. The van der Waals surface area contributed by atoms with Crippen molar-refractivity contribution in [1.82, 2.24) is 19.9 Å². The lowest BCUT2D eigenvalue weighted by Gasteiger charge is -2.38. The molecule has 3 heterocycles. The second kappa shape index (κ2) is 8.70. The van der Waals surface area contributed by atoms with Crippen LogP contribution in [0, 0.1) is 5.41 Å². The monoisotopic (exact) mass is 479 g/mol. The van der Waals surface area contributed by atoms with Crippen molar-refractivity contribution < 1.29 is 0 Å². The van der Waals surface area contributed by atoms with Crippen molar-refractivity contribution in [2.45, 2.75) is 51.0 Å². The molecule has 4 aliphatic rings. The van der Waals surface area contributed by atoms with E-state index in [9.17, 15) is 4.79 Å². The number of benzene rings is 1. The van der Waals surface area contributed by atoms with Gasteiger partial charge in [-0.25, -0.2) is 4.98 Å². The van der Waals surface area contributed by atoms with Crippen molar-refractivity contribution in [2.24, 2.45) is 5.41 Å². The van der Waals surface area contributed by atoms with Crippen molar-refractivity contribution in [3.63, 3.8) is 0 Å². The minimum absolute atomic E-state index is 0.103. The summed E-state index contributed by atoms with van der Waals surface area (Å²) in [6, 6.07) is 15.1. The first kappa shape index (κ1) is 22.0. The van der Waals surface area contributed by atoms with Crippen molar-refractivity contribution in [1.29, 1.82) is 0 Å². The van der Waals surface area contributed by atoms with Crippen LogP contribution in [0.3, 0.4) is 0 Å². The third-order valence-electron chi connectivity index (χ3n) is 8.88. The van der Waals surface area contributed by atoms with Crippen LogP contribution in [-0.4, -0.2) is 52.1 Å². The van der Waals surface area contributed by atoms with E-state index in [1.165, 1.54) is 30.5 Å². The predicted molar refractivity (Wildman–Crippen MR) is 143 cm³/mol. The van der Waals surface area contributed by atoms with Crippen LogP contribution in [0.2, 0.25) is 0 Å². The van der Waals surface area contributed by atoms with E-state index in [0.717, 1.165) is 80.2 Å². The zero-order valence-electron chi connectivity index (χ0n) is 20.7. The average Bonchev–Trinajstić information content (AvgIpc) is 3.49. The summed E-state index contributed by atoms with van der Waals surface area (Å²) in [4.78, 5) is 30.7. The average molecular weight is 480 g/mol. The van der Waals surface area contributed by atoms with Gasteiger partial charge in [0.1, 0.15) is 5.82 Å². The molecule has 3 aliphatic carbocycles. The van der Waals surface area contributed by atoms with E-state index in [1.54, 1.807) is 0 Å². The van der Waals surface area contributed by atoms with E-state index < -0.39 is 0 Å². The summed E-state index contributed by atoms with van der Waals surface area (Å²) in [7, 11) is 0. The number of aromatic nitrogens is 3. The Morgan fingerprint density at radius 3 is 2.53 bits per heavy atom. The van der Waals surface area contributed by atoms with Gasteiger partial charge in [0.25, 0.3) is 5.56 Å². The van der Waals surface area contributed by atoms with Gasteiger partial charge in [0.15, 0.2) is 0 Å². The number of pyridine rings is 1. The smallest absolute Gasteiger partial charge is 0.254 e. The lowest BCUT2D eigenvalue weighted by atomic mass is 9.84. The van der Waals surface area contributed by atoms with Crippen molar-refractivity contribution in [2.75, 3.05) is 31.1 Å². The molecular formula is C30H33N5O. The van der Waals surface area contributed by atoms with E-state index in [0.29, 0.717) is 11.5 Å². The first-order valence-electron chi connectivity index (χ1n) is 13.5. The number of aryl methyl sites for hydroxylation is 1.